The maximum atomic E-state index is 13.5. The quantitative estimate of drug-likeness (QED) is 0.153. The van der Waals surface area contributed by atoms with Crippen molar-refractivity contribution in [2.75, 3.05) is 4.90 Å². The van der Waals surface area contributed by atoms with Crippen molar-refractivity contribution in [1.82, 2.24) is 5.32 Å². The summed E-state index contributed by atoms with van der Waals surface area (Å²) in [7, 11) is 0. The van der Waals surface area contributed by atoms with Crippen LogP contribution in [0.15, 0.2) is 121 Å². The van der Waals surface area contributed by atoms with E-state index in [0.29, 0.717) is 29.7 Å². The molecule has 1 fully saturated rings. The number of halogens is 1. The number of nitrogens with one attached hydrogen (secondary N) is 1. The van der Waals surface area contributed by atoms with Crippen LogP contribution in [0.25, 0.3) is 22.3 Å². The predicted octanol–water partition coefficient (Wildman–Crippen LogP) is 7.72. The molecule has 1 saturated heterocycles. The monoisotopic (exact) mass is 574 g/mol. The van der Waals surface area contributed by atoms with E-state index in [1.807, 2.05) is 66.7 Å². The minimum absolute atomic E-state index is 0.0114. The molecule has 0 aromatic heterocycles. The van der Waals surface area contributed by atoms with Gasteiger partial charge < -0.3 is 20.6 Å². The van der Waals surface area contributed by atoms with E-state index in [9.17, 15) is 24.5 Å². The van der Waals surface area contributed by atoms with Crippen LogP contribution in [0.2, 0.25) is 0 Å². The molecule has 0 unspecified atom stereocenters. The molecule has 6 rings (SSSR count). The number of phenols is 2. The lowest BCUT2D eigenvalue weighted by molar-refractivity contribution is 0.159. The van der Waals surface area contributed by atoms with Crippen LogP contribution >= 0.6 is 0 Å². The van der Waals surface area contributed by atoms with Crippen molar-refractivity contribution in [3.05, 3.63) is 138 Å². The van der Waals surface area contributed by atoms with E-state index in [1.54, 1.807) is 47.4 Å². The summed E-state index contributed by atoms with van der Waals surface area (Å²) in [5.74, 6) is -0.244. The Morgan fingerprint density at radius 1 is 0.744 bits per heavy atom. The number of aliphatic hydroxyl groups excluding tert-OH is 1. The van der Waals surface area contributed by atoms with Crippen molar-refractivity contribution in [2.24, 2.45) is 0 Å². The molecule has 216 valence electrons. The number of aromatic hydroxyl groups is 2. The van der Waals surface area contributed by atoms with Crippen molar-refractivity contribution < 1.29 is 24.5 Å². The first-order valence-electron chi connectivity index (χ1n) is 14.2. The molecule has 0 radical (unpaired) electrons. The molecule has 43 heavy (non-hydrogen) atoms. The molecule has 3 atom stereocenters. The average Bonchev–Trinajstić information content (AvgIpc) is 3.36. The highest BCUT2D eigenvalue weighted by atomic mass is 19.1. The number of hydrogen-bond acceptors (Lipinski definition) is 4. The Labute approximate surface area is 249 Å². The van der Waals surface area contributed by atoms with Crippen LogP contribution in [0.5, 0.6) is 11.5 Å². The number of aliphatic hydroxyl groups is 1. The third-order valence-corrected chi connectivity index (χ3v) is 7.97. The van der Waals surface area contributed by atoms with E-state index >= 15 is 0 Å². The van der Waals surface area contributed by atoms with Gasteiger partial charge in [0.2, 0.25) is 0 Å². The second kappa shape index (κ2) is 12.0. The van der Waals surface area contributed by atoms with E-state index in [4.69, 9.17) is 0 Å². The van der Waals surface area contributed by atoms with E-state index in [-0.39, 0.29) is 23.3 Å². The minimum atomic E-state index is -0.848. The SMILES string of the molecule is O=C1N[C@@H](CC[C@H](O)c2ccc(F)cc2)[C@@H](c2ccc(-c3cccc(O)c3)cc2O)N1c1ccc(-c2ccccc2)cc1. The standard InChI is InChI=1S/C36H31FN2O4/c37-28-14-9-25(10-15-28)33(41)20-19-32-35(31-18-13-27(22-34(31)42)26-7-4-8-30(40)21-26)39(36(43)38-32)29-16-11-24(12-17-29)23-5-2-1-3-6-23/h1-18,21-22,32-33,35,40-42H,19-20H2,(H,38,43)/t32-,33-,35+/m0/s1. The van der Waals surface area contributed by atoms with Gasteiger partial charge in [-0.25, -0.2) is 9.18 Å². The zero-order chi connectivity index (χ0) is 29.9. The normalized spacial score (nSPS) is 17.1. The molecule has 4 N–H and O–H groups in total. The largest absolute Gasteiger partial charge is 0.508 e. The fraction of sp³-hybridized carbons (Fsp3) is 0.139. The molecule has 7 heteroatoms. The molecule has 0 saturated carbocycles. The topological polar surface area (TPSA) is 93.0 Å². The molecule has 5 aromatic rings. The number of anilines is 1. The molecule has 1 aliphatic rings. The van der Waals surface area contributed by atoms with Crippen molar-refractivity contribution >= 4 is 11.7 Å². The van der Waals surface area contributed by atoms with Gasteiger partial charge in [0.1, 0.15) is 17.3 Å². The van der Waals surface area contributed by atoms with E-state index < -0.39 is 18.2 Å². The van der Waals surface area contributed by atoms with Gasteiger partial charge in [-0.05, 0) is 83.1 Å². The summed E-state index contributed by atoms with van der Waals surface area (Å²) in [5.41, 5.74) is 5.35. The number of rotatable bonds is 8. The number of amides is 2. The maximum absolute atomic E-state index is 13.5. The molecular formula is C36H31FN2O4. The van der Waals surface area contributed by atoms with Crippen LogP contribution in [0.1, 0.15) is 36.1 Å². The Hall–Kier alpha value is -5.14. The van der Waals surface area contributed by atoms with Gasteiger partial charge in [0.05, 0.1) is 18.2 Å². The molecule has 6 nitrogen and oxygen atoms in total. The van der Waals surface area contributed by atoms with Gasteiger partial charge in [-0.3, -0.25) is 4.90 Å². The molecular weight excluding hydrogens is 543 g/mol. The van der Waals surface area contributed by atoms with Crippen LogP contribution < -0.4 is 10.2 Å². The lowest BCUT2D eigenvalue weighted by atomic mass is 9.91. The number of phenolic OH excluding ortho intramolecular Hbond substituents is 2. The summed E-state index contributed by atoms with van der Waals surface area (Å²) < 4.78 is 13.4. The Kier molecular flexibility index (Phi) is 7.81. The van der Waals surface area contributed by atoms with Crippen LogP contribution in [0, 0.1) is 5.82 Å². The van der Waals surface area contributed by atoms with Gasteiger partial charge in [0.15, 0.2) is 0 Å². The van der Waals surface area contributed by atoms with Crippen LogP contribution in [-0.2, 0) is 0 Å². The van der Waals surface area contributed by atoms with Crippen molar-refractivity contribution in [2.45, 2.75) is 31.0 Å². The Balaban J connectivity index is 1.33. The van der Waals surface area contributed by atoms with Crippen molar-refractivity contribution in [1.29, 1.82) is 0 Å². The molecule has 1 heterocycles. The zero-order valence-electron chi connectivity index (χ0n) is 23.3. The lowest BCUT2D eigenvalue weighted by Crippen LogP contribution is -2.29. The maximum Gasteiger partial charge on any atom is 0.322 e. The highest BCUT2D eigenvalue weighted by molar-refractivity contribution is 5.96. The van der Waals surface area contributed by atoms with Gasteiger partial charge in [0.25, 0.3) is 0 Å². The highest BCUT2D eigenvalue weighted by Crippen LogP contribution is 2.42. The number of carbonyl (C=O) groups excluding carboxylic acids is 1. The number of urea groups is 1. The first kappa shape index (κ1) is 28.0. The summed E-state index contributed by atoms with van der Waals surface area (Å²) in [4.78, 5) is 15.2. The summed E-state index contributed by atoms with van der Waals surface area (Å²) in [6.07, 6.45) is -0.129. The fourth-order valence-corrected chi connectivity index (χ4v) is 5.77. The zero-order valence-corrected chi connectivity index (χ0v) is 23.3. The molecule has 0 aliphatic carbocycles. The lowest BCUT2D eigenvalue weighted by Gasteiger charge is -2.28. The smallest absolute Gasteiger partial charge is 0.322 e. The molecule has 2 amide bonds. The van der Waals surface area contributed by atoms with E-state index in [1.165, 1.54) is 12.1 Å². The summed E-state index contributed by atoms with van der Waals surface area (Å²) >= 11 is 0. The second-order valence-corrected chi connectivity index (χ2v) is 10.8. The van der Waals surface area contributed by atoms with Gasteiger partial charge >= 0.3 is 6.03 Å². The first-order valence-corrected chi connectivity index (χ1v) is 14.2. The van der Waals surface area contributed by atoms with Gasteiger partial charge in [-0.2, -0.15) is 0 Å². The fourth-order valence-electron chi connectivity index (χ4n) is 5.77. The molecule has 5 aromatic carbocycles. The number of carbonyl (C=O) groups is 1. The van der Waals surface area contributed by atoms with Gasteiger partial charge in [-0.1, -0.05) is 78.9 Å². The van der Waals surface area contributed by atoms with E-state index in [0.717, 1.165) is 22.3 Å². The highest BCUT2D eigenvalue weighted by Gasteiger charge is 2.42. The van der Waals surface area contributed by atoms with Crippen LogP contribution in [-0.4, -0.2) is 27.4 Å². The summed E-state index contributed by atoms with van der Waals surface area (Å²) in [5, 5.41) is 35.1. The minimum Gasteiger partial charge on any atom is -0.508 e. The van der Waals surface area contributed by atoms with Crippen LogP contribution in [0.4, 0.5) is 14.9 Å². The number of hydrogen-bond donors (Lipinski definition) is 4. The average molecular weight is 575 g/mol. The predicted molar refractivity (Wildman–Crippen MR) is 165 cm³/mol. The summed E-state index contributed by atoms with van der Waals surface area (Å²) in [6.45, 7) is 0. The van der Waals surface area contributed by atoms with Crippen molar-refractivity contribution in [3.8, 4) is 33.8 Å². The molecule has 0 spiro atoms. The Morgan fingerprint density at radius 3 is 2.09 bits per heavy atom. The van der Waals surface area contributed by atoms with Crippen molar-refractivity contribution in [3.63, 3.8) is 0 Å². The molecule has 0 bridgehead atoms. The third-order valence-electron chi connectivity index (χ3n) is 7.97. The first-order chi connectivity index (χ1) is 20.9. The number of benzene rings is 5. The van der Waals surface area contributed by atoms with Crippen LogP contribution in [0.3, 0.4) is 0 Å². The van der Waals surface area contributed by atoms with Gasteiger partial charge in [0, 0.05) is 11.3 Å². The third kappa shape index (κ3) is 5.94. The molecule has 1 aliphatic heterocycles. The number of nitrogens with zero attached hydrogens (tertiary/aromatic N) is 1. The Morgan fingerprint density at radius 2 is 1.40 bits per heavy atom. The Bertz CT molecular complexity index is 1730. The van der Waals surface area contributed by atoms with E-state index in [2.05, 4.69) is 5.32 Å². The summed E-state index contributed by atoms with van der Waals surface area (Å²) in [6, 6.07) is 34.1. The van der Waals surface area contributed by atoms with Gasteiger partial charge in [-0.15, -0.1) is 0 Å². The second-order valence-electron chi connectivity index (χ2n) is 10.8.